The number of hydrogen-bond donors (Lipinski definition) is 0. The van der Waals surface area contributed by atoms with E-state index in [0.717, 1.165) is 17.0 Å². The minimum absolute atomic E-state index is 0.742. The van der Waals surface area contributed by atoms with Crippen LogP contribution in [0.25, 0.3) is 6.08 Å². The quantitative estimate of drug-likeness (QED) is 0.612. The molecule has 0 amide bonds. The van der Waals surface area contributed by atoms with Crippen LogP contribution in [0.2, 0.25) is 0 Å². The van der Waals surface area contributed by atoms with Gasteiger partial charge in [0.25, 0.3) is 0 Å². The predicted octanol–water partition coefficient (Wildman–Crippen LogP) is 3.78. The number of allylic oxidation sites excluding steroid dienone is 1. The lowest BCUT2D eigenvalue weighted by Crippen LogP contribution is -1.79. The first kappa shape index (κ1) is 10.2. The van der Waals surface area contributed by atoms with Crippen molar-refractivity contribution in [1.82, 2.24) is 0 Å². The SMILES string of the molecule is C=Nc1c(/C=C\C)cccc1OI. The molecule has 0 aliphatic carbocycles. The van der Waals surface area contributed by atoms with Crippen molar-refractivity contribution in [3.05, 3.63) is 29.8 Å². The Balaban J connectivity index is 3.26. The third kappa shape index (κ3) is 2.30. The van der Waals surface area contributed by atoms with Gasteiger partial charge in [-0.3, -0.25) is 4.99 Å². The van der Waals surface area contributed by atoms with E-state index in [-0.39, 0.29) is 0 Å². The Labute approximate surface area is 92.0 Å². The van der Waals surface area contributed by atoms with Gasteiger partial charge < -0.3 is 3.07 Å². The average Bonchev–Trinajstić information content (AvgIpc) is 2.18. The summed E-state index contributed by atoms with van der Waals surface area (Å²) in [6.07, 6.45) is 3.93. The Morgan fingerprint density at radius 3 is 2.85 bits per heavy atom. The minimum atomic E-state index is 0.742. The van der Waals surface area contributed by atoms with Crippen LogP contribution in [-0.4, -0.2) is 6.72 Å². The number of nitrogens with zero attached hydrogens (tertiary/aromatic N) is 1. The van der Waals surface area contributed by atoms with Crippen LogP contribution in [0.3, 0.4) is 0 Å². The maximum absolute atomic E-state index is 5.13. The maximum Gasteiger partial charge on any atom is 0.192 e. The largest absolute Gasteiger partial charge is 0.425 e. The molecule has 2 nitrogen and oxygen atoms in total. The van der Waals surface area contributed by atoms with Crippen LogP contribution in [0.5, 0.6) is 5.75 Å². The lowest BCUT2D eigenvalue weighted by Gasteiger charge is -2.04. The second kappa shape index (κ2) is 5.01. The van der Waals surface area contributed by atoms with Crippen molar-refractivity contribution in [2.75, 3.05) is 0 Å². The van der Waals surface area contributed by atoms with Gasteiger partial charge in [0, 0.05) is 5.56 Å². The van der Waals surface area contributed by atoms with Crippen molar-refractivity contribution in [3.8, 4) is 5.75 Å². The highest BCUT2D eigenvalue weighted by Crippen LogP contribution is 2.32. The summed E-state index contributed by atoms with van der Waals surface area (Å²) < 4.78 is 5.13. The highest BCUT2D eigenvalue weighted by atomic mass is 127. The maximum atomic E-state index is 5.13. The van der Waals surface area contributed by atoms with Crippen molar-refractivity contribution in [1.29, 1.82) is 0 Å². The lowest BCUT2D eigenvalue weighted by molar-refractivity contribution is 0.718. The number of aliphatic imine (C=N–C) groups is 1. The Kier molecular flexibility index (Phi) is 3.95. The third-order valence-corrected chi connectivity index (χ3v) is 2.09. The van der Waals surface area contributed by atoms with E-state index in [1.165, 1.54) is 0 Å². The minimum Gasteiger partial charge on any atom is -0.425 e. The van der Waals surface area contributed by atoms with E-state index >= 15 is 0 Å². The van der Waals surface area contributed by atoms with Crippen LogP contribution in [0, 0.1) is 0 Å². The van der Waals surface area contributed by atoms with Crippen LogP contribution < -0.4 is 3.07 Å². The summed E-state index contributed by atoms with van der Waals surface area (Å²) in [5.74, 6) is 0.742. The molecular weight excluding hydrogens is 277 g/mol. The molecule has 0 aromatic heterocycles. The molecule has 0 aliphatic rings. The zero-order valence-corrected chi connectivity index (χ0v) is 9.48. The van der Waals surface area contributed by atoms with E-state index in [2.05, 4.69) is 11.7 Å². The molecule has 1 aromatic carbocycles. The average molecular weight is 287 g/mol. The molecule has 1 aromatic rings. The zero-order chi connectivity index (χ0) is 9.68. The molecular formula is C10H10INO. The van der Waals surface area contributed by atoms with E-state index < -0.39 is 0 Å². The van der Waals surface area contributed by atoms with Crippen molar-refractivity contribution in [2.45, 2.75) is 6.92 Å². The van der Waals surface area contributed by atoms with Gasteiger partial charge in [0.05, 0.1) is 0 Å². The molecule has 0 heterocycles. The number of benzene rings is 1. The Morgan fingerprint density at radius 2 is 2.31 bits per heavy atom. The predicted molar refractivity (Wildman–Crippen MR) is 65.0 cm³/mol. The van der Waals surface area contributed by atoms with Gasteiger partial charge in [0.15, 0.2) is 28.8 Å². The summed E-state index contributed by atoms with van der Waals surface area (Å²) in [5.41, 5.74) is 1.81. The summed E-state index contributed by atoms with van der Waals surface area (Å²) in [5, 5.41) is 0. The molecule has 1 rings (SSSR count). The molecule has 68 valence electrons. The molecule has 13 heavy (non-hydrogen) atoms. The first-order chi connectivity index (χ1) is 6.33. The molecule has 0 atom stereocenters. The molecule has 0 unspecified atom stereocenters. The highest BCUT2D eigenvalue weighted by molar-refractivity contribution is 14.1. The highest BCUT2D eigenvalue weighted by Gasteiger charge is 2.04. The summed E-state index contributed by atoms with van der Waals surface area (Å²) >= 11 is 1.84. The number of para-hydroxylation sites is 1. The van der Waals surface area contributed by atoms with Gasteiger partial charge >= 0.3 is 0 Å². The van der Waals surface area contributed by atoms with Crippen LogP contribution >= 0.6 is 23.0 Å². The second-order valence-electron chi connectivity index (χ2n) is 2.43. The first-order valence-electron chi connectivity index (χ1n) is 3.84. The molecule has 0 spiro atoms. The molecule has 0 N–H and O–H groups in total. The van der Waals surface area contributed by atoms with Gasteiger partial charge in [0.2, 0.25) is 0 Å². The third-order valence-electron chi connectivity index (χ3n) is 1.62. The fourth-order valence-corrected chi connectivity index (χ4v) is 1.44. The van der Waals surface area contributed by atoms with Crippen LogP contribution in [0.15, 0.2) is 29.3 Å². The first-order valence-corrected chi connectivity index (χ1v) is 4.72. The van der Waals surface area contributed by atoms with Crippen molar-refractivity contribution in [2.24, 2.45) is 4.99 Å². The molecule has 0 bridgehead atoms. The van der Waals surface area contributed by atoms with Crippen LogP contribution in [0.1, 0.15) is 12.5 Å². The van der Waals surface area contributed by atoms with Gasteiger partial charge in [0.1, 0.15) is 5.69 Å². The smallest absolute Gasteiger partial charge is 0.192 e. The van der Waals surface area contributed by atoms with Crippen LogP contribution in [0.4, 0.5) is 5.69 Å². The summed E-state index contributed by atoms with van der Waals surface area (Å²) in [6, 6.07) is 5.77. The molecule has 0 radical (unpaired) electrons. The molecule has 3 heteroatoms. The number of hydrogen-bond acceptors (Lipinski definition) is 2. The lowest BCUT2D eigenvalue weighted by atomic mass is 10.1. The van der Waals surface area contributed by atoms with E-state index in [1.54, 1.807) is 0 Å². The van der Waals surface area contributed by atoms with E-state index in [9.17, 15) is 0 Å². The summed E-state index contributed by atoms with van der Waals surface area (Å²) in [6.45, 7) is 5.48. The molecule has 0 aliphatic heterocycles. The number of rotatable bonds is 3. The van der Waals surface area contributed by atoms with Gasteiger partial charge in [-0.1, -0.05) is 24.3 Å². The normalized spacial score (nSPS) is 10.3. The van der Waals surface area contributed by atoms with E-state index in [4.69, 9.17) is 3.07 Å². The van der Waals surface area contributed by atoms with E-state index in [0.29, 0.717) is 0 Å². The summed E-state index contributed by atoms with van der Waals surface area (Å²) in [4.78, 5) is 3.93. The van der Waals surface area contributed by atoms with Gasteiger partial charge in [-0.05, 0) is 19.7 Å². The Morgan fingerprint density at radius 1 is 1.54 bits per heavy atom. The van der Waals surface area contributed by atoms with Gasteiger partial charge in [-0.15, -0.1) is 0 Å². The van der Waals surface area contributed by atoms with Crippen molar-refractivity contribution < 1.29 is 3.07 Å². The van der Waals surface area contributed by atoms with Gasteiger partial charge in [-0.25, -0.2) is 0 Å². The number of halogens is 1. The van der Waals surface area contributed by atoms with Crippen molar-refractivity contribution in [3.63, 3.8) is 0 Å². The van der Waals surface area contributed by atoms with Gasteiger partial charge in [-0.2, -0.15) is 0 Å². The zero-order valence-electron chi connectivity index (χ0n) is 7.33. The fourth-order valence-electron chi connectivity index (χ4n) is 1.08. The monoisotopic (exact) mass is 287 g/mol. The summed E-state index contributed by atoms with van der Waals surface area (Å²) in [7, 11) is 0. The standard InChI is InChI=1S/C10H10INO/c1-3-5-8-6-4-7-9(13-11)10(8)12-2/h3-7H,2H2,1H3/b5-3-. The van der Waals surface area contributed by atoms with Crippen molar-refractivity contribution >= 4 is 41.5 Å². The molecule has 0 saturated heterocycles. The Bertz CT molecular complexity index is 334. The molecule has 0 saturated carbocycles. The topological polar surface area (TPSA) is 21.6 Å². The Hall–Kier alpha value is -0.840. The fraction of sp³-hybridized carbons (Fsp3) is 0.100. The second-order valence-corrected chi connectivity index (χ2v) is 2.87. The van der Waals surface area contributed by atoms with E-state index in [1.807, 2.05) is 60.3 Å². The van der Waals surface area contributed by atoms with Crippen LogP contribution in [-0.2, 0) is 0 Å². The molecule has 0 fully saturated rings.